The van der Waals surface area contributed by atoms with Gasteiger partial charge >= 0.3 is 11.9 Å². The van der Waals surface area contributed by atoms with E-state index < -0.39 is 23.3 Å². The van der Waals surface area contributed by atoms with Crippen molar-refractivity contribution >= 4 is 11.9 Å². The second kappa shape index (κ2) is 15.4. The summed E-state index contributed by atoms with van der Waals surface area (Å²) in [6.07, 6.45) is 6.48. The maximum atomic E-state index is 12.7. The van der Waals surface area contributed by atoms with Crippen LogP contribution in [0.1, 0.15) is 116 Å². The first-order valence-corrected chi connectivity index (χ1v) is 23.6. The molecule has 64 heavy (non-hydrogen) atoms. The van der Waals surface area contributed by atoms with Gasteiger partial charge in [0.05, 0.1) is 22.0 Å². The number of esters is 2. The third kappa shape index (κ3) is 6.46. The fourth-order valence-corrected chi connectivity index (χ4v) is 14.2. The topological polar surface area (TPSA) is 161 Å². The summed E-state index contributed by atoms with van der Waals surface area (Å²) in [5.74, 6) is 1.07. The van der Waals surface area contributed by atoms with Crippen molar-refractivity contribution in [3.63, 3.8) is 0 Å². The smallest absolute Gasteiger partial charge is 0.323 e. The minimum absolute atomic E-state index is 0.0531. The molecule has 4 bridgehead atoms. The Morgan fingerprint density at radius 3 is 1.39 bits per heavy atom. The van der Waals surface area contributed by atoms with Crippen molar-refractivity contribution in [2.24, 2.45) is 0 Å². The molecule has 0 amide bonds. The largest absolute Gasteiger partial charge is 0.504 e. The zero-order valence-corrected chi connectivity index (χ0v) is 40.1. The second-order valence-corrected chi connectivity index (χ2v) is 22.1. The molecule has 12 atom stereocenters. The van der Waals surface area contributed by atoms with Crippen LogP contribution in [0.2, 0.25) is 0 Å². The van der Waals surface area contributed by atoms with Gasteiger partial charge in [-0.25, -0.2) is 0 Å². The normalized spacial score (nSPS) is 36.2. The summed E-state index contributed by atoms with van der Waals surface area (Å²) in [5, 5.41) is 28.5. The molecule has 4 heterocycles. The molecule has 2 aromatic carbocycles. The number of likely N-dealkylation sites (N-methyl/N-ethyl adjacent to an activating group) is 2. The Bertz CT molecular complexity index is 2040. The molecule has 14 nitrogen and oxygen atoms in total. The minimum Gasteiger partial charge on any atom is -0.504 e. The van der Waals surface area contributed by atoms with E-state index in [9.17, 15) is 19.8 Å². The zero-order valence-electron chi connectivity index (χ0n) is 40.1. The molecule has 2 unspecified atom stereocenters. The number of benzene rings is 2. The van der Waals surface area contributed by atoms with Gasteiger partial charge in [0.2, 0.25) is 0 Å². The van der Waals surface area contributed by atoms with E-state index in [-0.39, 0.29) is 81.8 Å². The van der Waals surface area contributed by atoms with Crippen molar-refractivity contribution in [3.8, 4) is 23.0 Å². The summed E-state index contributed by atoms with van der Waals surface area (Å²) in [6.45, 7) is 16.9. The van der Waals surface area contributed by atoms with Gasteiger partial charge in [0.25, 0.3) is 0 Å². The number of piperidine rings is 2. The number of phenolic OH excluding ortho intramolecular Hbond substituents is 2. The first-order chi connectivity index (χ1) is 30.1. The maximum absolute atomic E-state index is 12.7. The number of rotatable bonds is 8. The van der Waals surface area contributed by atoms with Gasteiger partial charge < -0.3 is 48.4 Å². The van der Waals surface area contributed by atoms with Crippen molar-refractivity contribution in [1.29, 1.82) is 0 Å². The van der Waals surface area contributed by atoms with Crippen LogP contribution in [-0.4, -0.2) is 144 Å². The van der Waals surface area contributed by atoms with Gasteiger partial charge in [-0.05, 0) is 157 Å². The highest BCUT2D eigenvalue weighted by Gasteiger charge is 2.75. The van der Waals surface area contributed by atoms with Crippen LogP contribution in [0.5, 0.6) is 23.0 Å². The van der Waals surface area contributed by atoms with Gasteiger partial charge in [0.1, 0.15) is 35.5 Å². The van der Waals surface area contributed by atoms with Crippen LogP contribution in [0, 0.1) is 0 Å². The minimum atomic E-state index is -0.533. The lowest BCUT2D eigenvalue weighted by Gasteiger charge is -2.65. The molecule has 4 fully saturated rings. The zero-order chi connectivity index (χ0) is 46.1. The van der Waals surface area contributed by atoms with E-state index >= 15 is 0 Å². The Morgan fingerprint density at radius 2 is 1.05 bits per heavy atom. The van der Waals surface area contributed by atoms with Crippen molar-refractivity contribution in [1.82, 2.24) is 20.4 Å². The van der Waals surface area contributed by atoms with Gasteiger partial charge in [-0.3, -0.25) is 20.2 Å². The predicted molar refractivity (Wildman–Crippen MR) is 240 cm³/mol. The molecule has 2 spiro atoms. The lowest BCUT2D eigenvalue weighted by Crippen LogP contribution is -2.78. The summed E-state index contributed by atoms with van der Waals surface area (Å²) < 4.78 is 37.3. The molecule has 2 saturated heterocycles. The number of methoxy groups -OCH3 is 2. The Kier molecular flexibility index (Phi) is 11.0. The van der Waals surface area contributed by atoms with E-state index in [1.807, 2.05) is 81.7 Å². The molecular formula is C50H72N4O10. The summed E-state index contributed by atoms with van der Waals surface area (Å²) in [6, 6.07) is 7.08. The number of hydrogen-bond acceptors (Lipinski definition) is 14. The third-order valence-corrected chi connectivity index (χ3v) is 16.6. The van der Waals surface area contributed by atoms with Crippen molar-refractivity contribution < 1.29 is 48.2 Å². The number of carbonyl (C=O) groups is 2. The van der Waals surface area contributed by atoms with Crippen molar-refractivity contribution in [3.05, 3.63) is 46.5 Å². The molecule has 2 saturated carbocycles. The summed E-state index contributed by atoms with van der Waals surface area (Å²) in [7, 11) is 8.02. The molecule has 4 aliphatic heterocycles. The Labute approximate surface area is 379 Å². The van der Waals surface area contributed by atoms with Crippen LogP contribution in [0.4, 0.5) is 0 Å². The molecule has 0 radical (unpaired) electrons. The second-order valence-electron chi connectivity index (χ2n) is 22.1. The van der Waals surface area contributed by atoms with Crippen LogP contribution in [0.3, 0.4) is 0 Å². The highest BCUT2D eigenvalue weighted by atomic mass is 16.6. The molecule has 2 aromatic rings. The number of nitrogens with one attached hydrogen (secondary N) is 2. The van der Waals surface area contributed by atoms with E-state index in [4.69, 9.17) is 28.4 Å². The molecule has 4 aliphatic carbocycles. The average molecular weight is 889 g/mol. The van der Waals surface area contributed by atoms with Gasteiger partial charge in [-0.1, -0.05) is 12.1 Å². The quantitative estimate of drug-likeness (QED) is 0.261. The molecular weight excluding hydrogens is 817 g/mol. The Morgan fingerprint density at radius 1 is 0.672 bits per heavy atom. The average Bonchev–Trinajstić information content (AvgIpc) is 3.78. The van der Waals surface area contributed by atoms with Crippen molar-refractivity contribution in [2.45, 2.75) is 188 Å². The SMILES string of the molecule is CO[C@@]12CC[C@@H](N[C@@H](C)C(=O)OC(C)(C)C)[C@@H]3Oc4c(O)ccc5c4[C@@]31CCN(C)C2C5.CO[C@@]12CC[C@H](N[C@@H](C)C(=O)OC(C)(C)C)[C@@H]3Oc4c(O)ccc5c4[C@@]31CCN(C)C2C5. The summed E-state index contributed by atoms with van der Waals surface area (Å²) >= 11 is 0. The fraction of sp³-hybridized carbons (Fsp3) is 0.720. The summed E-state index contributed by atoms with van der Waals surface area (Å²) in [4.78, 5) is 30.3. The molecule has 4 N–H and O–H groups in total. The Balaban J connectivity index is 0.000000162. The molecule has 10 rings (SSSR count). The maximum Gasteiger partial charge on any atom is 0.323 e. The van der Waals surface area contributed by atoms with E-state index in [1.54, 1.807) is 12.1 Å². The molecule has 14 heteroatoms. The van der Waals surface area contributed by atoms with Gasteiger partial charge in [-0.15, -0.1) is 0 Å². The van der Waals surface area contributed by atoms with Crippen LogP contribution >= 0.6 is 0 Å². The van der Waals surface area contributed by atoms with E-state index in [1.165, 1.54) is 11.1 Å². The lowest BCUT2D eigenvalue weighted by atomic mass is 9.48. The molecule has 352 valence electrons. The number of ether oxygens (including phenoxy) is 6. The summed E-state index contributed by atoms with van der Waals surface area (Å²) in [5.41, 5.74) is 2.19. The number of aromatic hydroxyl groups is 2. The van der Waals surface area contributed by atoms with E-state index in [0.717, 1.165) is 75.6 Å². The van der Waals surface area contributed by atoms with Gasteiger partial charge in [0.15, 0.2) is 23.0 Å². The van der Waals surface area contributed by atoms with Crippen molar-refractivity contribution in [2.75, 3.05) is 41.4 Å². The monoisotopic (exact) mass is 889 g/mol. The number of phenols is 2. The lowest BCUT2D eigenvalue weighted by molar-refractivity contribution is -0.204. The molecule has 0 aromatic heterocycles. The van der Waals surface area contributed by atoms with E-state index in [2.05, 4.69) is 34.5 Å². The fourth-order valence-electron chi connectivity index (χ4n) is 14.2. The standard InChI is InChI=1S/2C25H36N2O5/c2*1-14(22(29)32-23(2,3)4)26-16-9-10-25(30-6)18-13-15-7-8-17(28)20-19(15)24(25,21(16)31-20)11-12-27(18)5/h2*7-8,14,16,18,21,26,28H,9-13H2,1-6H3/t14-,16+,18?,21-,24-,25+;14-,16-,18?,21-,24-,25+/m00/s1. The van der Waals surface area contributed by atoms with Crippen LogP contribution in [0.25, 0.3) is 0 Å². The molecule has 8 aliphatic rings. The van der Waals surface area contributed by atoms with Gasteiger partial charge in [0, 0.05) is 49.5 Å². The highest BCUT2D eigenvalue weighted by Crippen LogP contribution is 2.68. The number of likely N-dealkylation sites (tertiary alicyclic amines) is 2. The number of carbonyl (C=O) groups excluding carboxylic acids is 2. The first-order valence-electron chi connectivity index (χ1n) is 23.6. The Hall–Kier alpha value is -3.66. The number of nitrogens with zero attached hydrogens (tertiary/aromatic N) is 2. The van der Waals surface area contributed by atoms with E-state index in [0.29, 0.717) is 11.5 Å². The highest BCUT2D eigenvalue weighted by molar-refractivity contribution is 5.76. The first kappa shape index (κ1) is 45.5. The van der Waals surface area contributed by atoms with Gasteiger partial charge in [-0.2, -0.15) is 0 Å². The third-order valence-electron chi connectivity index (χ3n) is 16.6. The number of hydrogen-bond donors (Lipinski definition) is 4. The van der Waals surface area contributed by atoms with Crippen LogP contribution < -0.4 is 20.1 Å². The van der Waals surface area contributed by atoms with Crippen LogP contribution in [0.15, 0.2) is 24.3 Å². The van der Waals surface area contributed by atoms with Crippen LogP contribution in [-0.2, 0) is 52.2 Å². The predicted octanol–water partition coefficient (Wildman–Crippen LogP) is 5.04.